The van der Waals surface area contributed by atoms with Gasteiger partial charge >= 0.3 is 5.97 Å². The van der Waals surface area contributed by atoms with E-state index < -0.39 is 17.8 Å². The van der Waals surface area contributed by atoms with Gasteiger partial charge in [0.1, 0.15) is 0 Å². The Morgan fingerprint density at radius 2 is 2.14 bits per heavy atom. The van der Waals surface area contributed by atoms with E-state index >= 15 is 0 Å². The third kappa shape index (κ3) is 3.83. The Morgan fingerprint density at radius 3 is 2.71 bits per heavy atom. The fourth-order valence-corrected chi connectivity index (χ4v) is 3.12. The van der Waals surface area contributed by atoms with E-state index in [4.69, 9.17) is 0 Å². The Bertz CT molecular complexity index is 486. The molecule has 4 atom stereocenters. The fraction of sp³-hybridized carbons (Fsp3) is 0.667. The molecular formula is C15H23N3O3. The molecule has 116 valence electrons. The van der Waals surface area contributed by atoms with E-state index in [1.54, 1.807) is 10.9 Å². The highest BCUT2D eigenvalue weighted by Gasteiger charge is 2.42. The number of carbonyl (C=O) groups is 2. The second-order valence-corrected chi connectivity index (χ2v) is 5.93. The molecule has 1 fully saturated rings. The van der Waals surface area contributed by atoms with E-state index in [1.807, 2.05) is 26.1 Å². The van der Waals surface area contributed by atoms with Crippen LogP contribution in [0.1, 0.15) is 33.1 Å². The van der Waals surface area contributed by atoms with Crippen molar-refractivity contribution in [3.05, 3.63) is 18.5 Å². The van der Waals surface area contributed by atoms with Crippen LogP contribution in [-0.2, 0) is 16.1 Å². The molecule has 6 heteroatoms. The average Bonchev–Trinajstić information content (AvgIpc) is 3.06. The van der Waals surface area contributed by atoms with Crippen molar-refractivity contribution in [2.75, 3.05) is 0 Å². The van der Waals surface area contributed by atoms with Crippen LogP contribution in [0.2, 0.25) is 0 Å². The number of nitrogens with zero attached hydrogens (tertiary/aromatic N) is 2. The van der Waals surface area contributed by atoms with Gasteiger partial charge in [0.05, 0.1) is 18.4 Å². The Kier molecular flexibility index (Phi) is 4.98. The molecule has 0 aliphatic heterocycles. The molecule has 4 unspecified atom stereocenters. The molecule has 21 heavy (non-hydrogen) atoms. The van der Waals surface area contributed by atoms with Crippen molar-refractivity contribution in [1.29, 1.82) is 0 Å². The SMILES string of the molecule is CCC1CC(C(=O)O)C(C(=O)NC(C)Cn2cccn2)C1. The van der Waals surface area contributed by atoms with Crippen LogP contribution in [0, 0.1) is 17.8 Å². The monoisotopic (exact) mass is 293 g/mol. The predicted octanol–water partition coefficient (Wildman–Crippen LogP) is 1.52. The lowest BCUT2D eigenvalue weighted by atomic mass is 9.95. The normalized spacial score (nSPS) is 26.5. The number of nitrogens with one attached hydrogen (secondary N) is 1. The van der Waals surface area contributed by atoms with E-state index in [0.717, 1.165) is 6.42 Å². The van der Waals surface area contributed by atoms with Gasteiger partial charge in [0.15, 0.2) is 0 Å². The lowest BCUT2D eigenvalue weighted by molar-refractivity contribution is -0.146. The predicted molar refractivity (Wildman–Crippen MR) is 77.5 cm³/mol. The molecule has 2 N–H and O–H groups in total. The smallest absolute Gasteiger partial charge is 0.307 e. The molecule has 1 aliphatic carbocycles. The van der Waals surface area contributed by atoms with E-state index in [0.29, 0.717) is 25.3 Å². The summed E-state index contributed by atoms with van der Waals surface area (Å²) in [4.78, 5) is 23.7. The number of hydrogen-bond donors (Lipinski definition) is 2. The van der Waals surface area contributed by atoms with Crippen molar-refractivity contribution < 1.29 is 14.7 Å². The highest BCUT2D eigenvalue weighted by Crippen LogP contribution is 2.38. The van der Waals surface area contributed by atoms with E-state index in [-0.39, 0.29) is 11.9 Å². The Morgan fingerprint density at radius 1 is 1.43 bits per heavy atom. The summed E-state index contributed by atoms with van der Waals surface area (Å²) >= 11 is 0. The minimum absolute atomic E-state index is 0.0764. The van der Waals surface area contributed by atoms with Crippen LogP contribution in [-0.4, -0.2) is 32.8 Å². The third-order valence-electron chi connectivity index (χ3n) is 4.30. The first kappa shape index (κ1) is 15.5. The summed E-state index contributed by atoms with van der Waals surface area (Å²) in [7, 11) is 0. The summed E-state index contributed by atoms with van der Waals surface area (Å²) in [6.45, 7) is 4.53. The van der Waals surface area contributed by atoms with Crippen molar-refractivity contribution in [2.24, 2.45) is 17.8 Å². The quantitative estimate of drug-likeness (QED) is 0.833. The lowest BCUT2D eigenvalue weighted by Crippen LogP contribution is -2.41. The Labute approximate surface area is 124 Å². The van der Waals surface area contributed by atoms with Gasteiger partial charge in [-0.2, -0.15) is 5.10 Å². The molecule has 0 saturated heterocycles. The van der Waals surface area contributed by atoms with Crippen LogP contribution >= 0.6 is 0 Å². The summed E-state index contributed by atoms with van der Waals surface area (Å²) in [6, 6.07) is 1.75. The van der Waals surface area contributed by atoms with Gasteiger partial charge in [0, 0.05) is 18.4 Å². The number of carboxylic acid groups (broad SMARTS) is 1. The number of amides is 1. The molecule has 0 aromatic carbocycles. The molecular weight excluding hydrogens is 270 g/mol. The first-order valence-corrected chi connectivity index (χ1v) is 7.51. The summed E-state index contributed by atoms with van der Waals surface area (Å²) < 4.78 is 1.75. The molecule has 0 bridgehead atoms. The van der Waals surface area contributed by atoms with Crippen LogP contribution in [0.5, 0.6) is 0 Å². The topological polar surface area (TPSA) is 84.2 Å². The van der Waals surface area contributed by atoms with Crippen molar-refractivity contribution in [3.8, 4) is 0 Å². The molecule has 0 spiro atoms. The maximum atomic E-state index is 12.4. The first-order chi connectivity index (χ1) is 10.0. The minimum atomic E-state index is -0.856. The van der Waals surface area contributed by atoms with Crippen molar-refractivity contribution in [3.63, 3.8) is 0 Å². The molecule has 1 heterocycles. The molecule has 1 aromatic rings. The summed E-state index contributed by atoms with van der Waals surface area (Å²) in [5, 5.41) is 16.3. The molecule has 1 aliphatic rings. The maximum Gasteiger partial charge on any atom is 0.307 e. The van der Waals surface area contributed by atoms with Gasteiger partial charge in [0.25, 0.3) is 0 Å². The second kappa shape index (κ2) is 6.74. The number of hydrogen-bond acceptors (Lipinski definition) is 3. The van der Waals surface area contributed by atoms with Gasteiger partial charge < -0.3 is 10.4 Å². The van der Waals surface area contributed by atoms with E-state index in [2.05, 4.69) is 10.4 Å². The van der Waals surface area contributed by atoms with Crippen LogP contribution < -0.4 is 5.32 Å². The molecule has 0 radical (unpaired) electrons. The number of carboxylic acids is 1. The standard InChI is InChI=1S/C15H23N3O3/c1-3-11-7-12(13(8-11)15(20)21)14(19)17-10(2)9-18-6-4-5-16-18/h4-6,10-13H,3,7-9H2,1-2H3,(H,17,19)(H,20,21). The second-order valence-electron chi connectivity index (χ2n) is 5.93. The third-order valence-corrected chi connectivity index (χ3v) is 4.30. The van der Waals surface area contributed by atoms with Crippen LogP contribution in [0.4, 0.5) is 0 Å². The molecule has 1 aromatic heterocycles. The zero-order chi connectivity index (χ0) is 15.4. The molecule has 6 nitrogen and oxygen atoms in total. The number of carbonyl (C=O) groups excluding carboxylic acids is 1. The minimum Gasteiger partial charge on any atom is -0.481 e. The van der Waals surface area contributed by atoms with Gasteiger partial charge in [-0.25, -0.2) is 0 Å². The summed E-state index contributed by atoms with van der Waals surface area (Å²) in [5.74, 6) is -1.62. The van der Waals surface area contributed by atoms with Crippen LogP contribution in [0.25, 0.3) is 0 Å². The highest BCUT2D eigenvalue weighted by atomic mass is 16.4. The average molecular weight is 293 g/mol. The van der Waals surface area contributed by atoms with Gasteiger partial charge in [-0.1, -0.05) is 13.3 Å². The number of rotatable bonds is 6. The number of aliphatic carboxylic acids is 1. The molecule has 2 rings (SSSR count). The van der Waals surface area contributed by atoms with Gasteiger partial charge in [-0.05, 0) is 31.7 Å². The highest BCUT2D eigenvalue weighted by molar-refractivity contribution is 5.85. The van der Waals surface area contributed by atoms with Gasteiger partial charge in [-0.3, -0.25) is 14.3 Å². The van der Waals surface area contributed by atoms with Gasteiger partial charge in [0.2, 0.25) is 5.91 Å². The zero-order valence-corrected chi connectivity index (χ0v) is 12.5. The van der Waals surface area contributed by atoms with Crippen molar-refractivity contribution in [2.45, 2.75) is 45.7 Å². The maximum absolute atomic E-state index is 12.4. The van der Waals surface area contributed by atoms with E-state index in [9.17, 15) is 14.7 Å². The molecule has 1 saturated carbocycles. The van der Waals surface area contributed by atoms with Crippen molar-refractivity contribution in [1.82, 2.24) is 15.1 Å². The summed E-state index contributed by atoms with van der Waals surface area (Å²) in [6.07, 6.45) is 5.74. The first-order valence-electron chi connectivity index (χ1n) is 7.51. The van der Waals surface area contributed by atoms with Crippen LogP contribution in [0.3, 0.4) is 0 Å². The Balaban J connectivity index is 1.93. The van der Waals surface area contributed by atoms with E-state index in [1.165, 1.54) is 0 Å². The van der Waals surface area contributed by atoms with Crippen molar-refractivity contribution >= 4 is 11.9 Å². The fourth-order valence-electron chi connectivity index (χ4n) is 3.12. The largest absolute Gasteiger partial charge is 0.481 e. The lowest BCUT2D eigenvalue weighted by Gasteiger charge is -2.19. The molecule has 1 amide bonds. The zero-order valence-electron chi connectivity index (χ0n) is 12.5. The number of aromatic nitrogens is 2. The Hall–Kier alpha value is -1.85. The van der Waals surface area contributed by atoms with Gasteiger partial charge in [-0.15, -0.1) is 0 Å². The van der Waals surface area contributed by atoms with Crippen LogP contribution in [0.15, 0.2) is 18.5 Å². The summed E-state index contributed by atoms with van der Waals surface area (Å²) in [5.41, 5.74) is 0.